The second-order valence-electron chi connectivity index (χ2n) is 4.38. The Bertz CT molecular complexity index is 602. The summed E-state index contributed by atoms with van der Waals surface area (Å²) in [4.78, 5) is 13.2. The number of rotatable bonds is 3. The SMILES string of the molecule is CC1=Nc2nc(C)nc(NCc3ccco3)c2C1. The Balaban J connectivity index is 1.85. The summed E-state index contributed by atoms with van der Waals surface area (Å²) in [7, 11) is 0. The van der Waals surface area contributed by atoms with Crippen LogP contribution in [-0.4, -0.2) is 15.7 Å². The van der Waals surface area contributed by atoms with Gasteiger partial charge in [0.2, 0.25) is 0 Å². The van der Waals surface area contributed by atoms with E-state index in [4.69, 9.17) is 4.42 Å². The van der Waals surface area contributed by atoms with E-state index in [-0.39, 0.29) is 0 Å². The monoisotopic (exact) mass is 242 g/mol. The van der Waals surface area contributed by atoms with E-state index >= 15 is 0 Å². The summed E-state index contributed by atoms with van der Waals surface area (Å²) in [6.45, 7) is 4.50. The molecule has 1 N–H and O–H groups in total. The highest BCUT2D eigenvalue weighted by Crippen LogP contribution is 2.29. The second-order valence-corrected chi connectivity index (χ2v) is 4.38. The van der Waals surface area contributed by atoms with Crippen LogP contribution in [0.2, 0.25) is 0 Å². The van der Waals surface area contributed by atoms with E-state index < -0.39 is 0 Å². The highest BCUT2D eigenvalue weighted by atomic mass is 16.3. The van der Waals surface area contributed by atoms with Crippen molar-refractivity contribution in [2.24, 2.45) is 4.99 Å². The summed E-state index contributed by atoms with van der Waals surface area (Å²) in [6, 6.07) is 3.81. The van der Waals surface area contributed by atoms with Crippen LogP contribution in [0.1, 0.15) is 24.1 Å². The van der Waals surface area contributed by atoms with Gasteiger partial charge < -0.3 is 9.73 Å². The van der Waals surface area contributed by atoms with Gasteiger partial charge in [-0.15, -0.1) is 0 Å². The molecule has 0 fully saturated rings. The fourth-order valence-electron chi connectivity index (χ4n) is 2.04. The molecule has 3 heterocycles. The molecular formula is C13H14N4O. The number of aromatic nitrogens is 2. The first-order chi connectivity index (χ1) is 8.72. The van der Waals surface area contributed by atoms with Crippen molar-refractivity contribution >= 4 is 17.3 Å². The van der Waals surface area contributed by atoms with Gasteiger partial charge in [-0.05, 0) is 26.0 Å². The number of fused-ring (bicyclic) bond motifs is 1. The van der Waals surface area contributed by atoms with Crippen LogP contribution >= 0.6 is 0 Å². The van der Waals surface area contributed by atoms with Crippen LogP contribution < -0.4 is 5.32 Å². The Morgan fingerprint density at radius 2 is 2.22 bits per heavy atom. The molecule has 5 heteroatoms. The Kier molecular flexibility index (Phi) is 2.59. The predicted octanol–water partition coefficient (Wildman–Crippen LogP) is 2.64. The van der Waals surface area contributed by atoms with Gasteiger partial charge in [0.25, 0.3) is 0 Å². The van der Waals surface area contributed by atoms with Crippen molar-refractivity contribution in [2.45, 2.75) is 26.8 Å². The summed E-state index contributed by atoms with van der Waals surface area (Å²) in [6.07, 6.45) is 2.48. The summed E-state index contributed by atoms with van der Waals surface area (Å²) in [5.41, 5.74) is 2.15. The van der Waals surface area contributed by atoms with Gasteiger partial charge in [0.15, 0.2) is 5.82 Å². The van der Waals surface area contributed by atoms with Gasteiger partial charge >= 0.3 is 0 Å². The molecule has 1 aliphatic heterocycles. The summed E-state index contributed by atoms with van der Waals surface area (Å²) >= 11 is 0. The van der Waals surface area contributed by atoms with Gasteiger partial charge in [0.1, 0.15) is 17.4 Å². The lowest BCUT2D eigenvalue weighted by atomic mass is 10.2. The minimum absolute atomic E-state index is 0.620. The molecular weight excluding hydrogens is 228 g/mol. The number of hydrogen-bond donors (Lipinski definition) is 1. The van der Waals surface area contributed by atoms with E-state index in [9.17, 15) is 0 Å². The molecule has 0 bridgehead atoms. The zero-order valence-electron chi connectivity index (χ0n) is 10.4. The van der Waals surface area contributed by atoms with E-state index in [1.807, 2.05) is 26.0 Å². The largest absolute Gasteiger partial charge is 0.467 e. The maximum atomic E-state index is 5.29. The maximum absolute atomic E-state index is 5.29. The fraction of sp³-hybridized carbons (Fsp3) is 0.308. The molecule has 0 radical (unpaired) electrons. The maximum Gasteiger partial charge on any atom is 0.161 e. The van der Waals surface area contributed by atoms with Gasteiger partial charge in [-0.25, -0.2) is 15.0 Å². The molecule has 0 aliphatic carbocycles. The molecule has 0 aromatic carbocycles. The van der Waals surface area contributed by atoms with Crippen molar-refractivity contribution in [1.82, 2.24) is 9.97 Å². The van der Waals surface area contributed by atoms with Gasteiger partial charge in [-0.2, -0.15) is 0 Å². The van der Waals surface area contributed by atoms with Crippen LogP contribution in [0.4, 0.5) is 11.6 Å². The van der Waals surface area contributed by atoms with Gasteiger partial charge in [-0.3, -0.25) is 0 Å². The molecule has 0 spiro atoms. The van der Waals surface area contributed by atoms with Gasteiger partial charge in [0.05, 0.1) is 12.8 Å². The Morgan fingerprint density at radius 3 is 3.00 bits per heavy atom. The van der Waals surface area contributed by atoms with E-state index in [0.29, 0.717) is 6.54 Å². The lowest BCUT2D eigenvalue weighted by Gasteiger charge is -2.09. The van der Waals surface area contributed by atoms with Crippen LogP contribution in [0.15, 0.2) is 27.8 Å². The van der Waals surface area contributed by atoms with Crippen LogP contribution in [0.25, 0.3) is 0 Å². The Hall–Kier alpha value is -2.17. The van der Waals surface area contributed by atoms with Crippen LogP contribution in [0.3, 0.4) is 0 Å². The lowest BCUT2D eigenvalue weighted by Crippen LogP contribution is -2.06. The standard InChI is InChI=1S/C13H14N4O/c1-8-6-11-12(14-7-10-4-3-5-18-10)16-9(2)17-13(11)15-8/h3-5H,6-7H2,1-2H3,(H,14,16,17). The molecule has 0 saturated carbocycles. The minimum atomic E-state index is 0.620. The molecule has 0 atom stereocenters. The molecule has 0 unspecified atom stereocenters. The van der Waals surface area contributed by atoms with Crippen molar-refractivity contribution in [3.05, 3.63) is 35.5 Å². The summed E-state index contributed by atoms with van der Waals surface area (Å²) in [5.74, 6) is 3.27. The normalized spacial score (nSPS) is 13.3. The van der Waals surface area contributed by atoms with Gasteiger partial charge in [-0.1, -0.05) is 0 Å². The summed E-state index contributed by atoms with van der Waals surface area (Å²) in [5, 5.41) is 3.29. The number of anilines is 1. The van der Waals surface area contributed by atoms with Crippen molar-refractivity contribution in [2.75, 3.05) is 5.32 Å². The fourth-order valence-corrected chi connectivity index (χ4v) is 2.04. The van der Waals surface area contributed by atoms with Crippen LogP contribution in [-0.2, 0) is 13.0 Å². The highest BCUT2D eigenvalue weighted by Gasteiger charge is 2.18. The average Bonchev–Trinajstić information content (AvgIpc) is 2.93. The summed E-state index contributed by atoms with van der Waals surface area (Å²) < 4.78 is 5.29. The van der Waals surface area contributed by atoms with Crippen molar-refractivity contribution in [1.29, 1.82) is 0 Å². The lowest BCUT2D eigenvalue weighted by molar-refractivity contribution is 0.517. The molecule has 92 valence electrons. The van der Waals surface area contributed by atoms with E-state index in [2.05, 4.69) is 20.3 Å². The van der Waals surface area contributed by atoms with Crippen LogP contribution in [0, 0.1) is 6.92 Å². The third kappa shape index (κ3) is 1.99. The highest BCUT2D eigenvalue weighted by molar-refractivity contribution is 5.92. The molecule has 1 aliphatic rings. The van der Waals surface area contributed by atoms with E-state index in [1.54, 1.807) is 6.26 Å². The first-order valence-corrected chi connectivity index (χ1v) is 5.90. The molecule has 2 aromatic heterocycles. The van der Waals surface area contributed by atoms with Crippen molar-refractivity contribution in [3.63, 3.8) is 0 Å². The topological polar surface area (TPSA) is 63.3 Å². The zero-order chi connectivity index (χ0) is 12.5. The van der Waals surface area contributed by atoms with Crippen molar-refractivity contribution in [3.8, 4) is 0 Å². The average molecular weight is 242 g/mol. The van der Waals surface area contributed by atoms with Gasteiger partial charge in [0, 0.05) is 17.7 Å². The number of nitrogens with one attached hydrogen (secondary N) is 1. The van der Waals surface area contributed by atoms with Crippen molar-refractivity contribution < 1.29 is 4.42 Å². The van der Waals surface area contributed by atoms with E-state index in [0.717, 1.165) is 40.9 Å². The molecule has 0 saturated heterocycles. The molecule has 2 aromatic rings. The predicted molar refractivity (Wildman–Crippen MR) is 69.3 cm³/mol. The molecule has 0 amide bonds. The number of hydrogen-bond acceptors (Lipinski definition) is 5. The number of aryl methyl sites for hydroxylation is 1. The smallest absolute Gasteiger partial charge is 0.161 e. The van der Waals surface area contributed by atoms with Crippen LogP contribution in [0.5, 0.6) is 0 Å². The molecule has 3 rings (SSSR count). The Labute approximate surface area is 105 Å². The first kappa shape index (κ1) is 11.0. The Morgan fingerprint density at radius 1 is 1.33 bits per heavy atom. The minimum Gasteiger partial charge on any atom is -0.467 e. The van der Waals surface area contributed by atoms with E-state index in [1.165, 1.54) is 0 Å². The first-order valence-electron chi connectivity index (χ1n) is 5.90. The number of aliphatic imine (C=N–C) groups is 1. The third-order valence-electron chi connectivity index (χ3n) is 2.84. The quantitative estimate of drug-likeness (QED) is 0.898. The second kappa shape index (κ2) is 4.25. The number of furan rings is 1. The molecule has 5 nitrogen and oxygen atoms in total. The zero-order valence-corrected chi connectivity index (χ0v) is 10.4. The molecule has 18 heavy (non-hydrogen) atoms. The third-order valence-corrected chi connectivity index (χ3v) is 2.84. The number of nitrogens with zero attached hydrogens (tertiary/aromatic N) is 3.